The van der Waals surface area contributed by atoms with Crippen molar-refractivity contribution >= 4 is 39.5 Å². The Morgan fingerprint density at radius 2 is 0.568 bits per heavy atom. The zero-order valence-electron chi connectivity index (χ0n) is 52.2. The van der Waals surface area contributed by atoms with Gasteiger partial charge in [0.05, 0.1) is 26.4 Å². The minimum atomic E-state index is -4.94. The van der Waals surface area contributed by atoms with Crippen molar-refractivity contribution in [2.75, 3.05) is 39.6 Å². The number of rotatable bonds is 60. The summed E-state index contributed by atoms with van der Waals surface area (Å²) in [4.78, 5) is 71.9. The number of aliphatic hydroxyl groups excluding tert-OH is 1. The zero-order chi connectivity index (χ0) is 60.3. The van der Waals surface area contributed by atoms with Crippen LogP contribution in [0.3, 0.4) is 0 Å². The van der Waals surface area contributed by atoms with Crippen LogP contribution in [-0.2, 0) is 65.4 Å². The Morgan fingerprint density at radius 3 is 0.840 bits per heavy atom. The number of phosphoric acid groups is 2. The van der Waals surface area contributed by atoms with Gasteiger partial charge in [-0.3, -0.25) is 37.3 Å². The van der Waals surface area contributed by atoms with Crippen LogP contribution in [0.4, 0.5) is 0 Å². The second kappa shape index (κ2) is 53.5. The SMILES string of the molecule is CCCCCCCCCC(=O)OC[C@H](COP(=O)(O)OC[C@H](O)COP(=O)(O)OC[C@@H](COC(=O)CCCCCCCCCC(C)C)OC(=O)CCCCCCCCCCCCCCC(C)C)OC(=O)CCCCCCCCC(C)C. The van der Waals surface area contributed by atoms with E-state index in [1.807, 2.05) is 0 Å². The molecule has 0 radical (unpaired) electrons. The van der Waals surface area contributed by atoms with Gasteiger partial charge in [0.15, 0.2) is 12.2 Å². The lowest BCUT2D eigenvalue weighted by molar-refractivity contribution is -0.161. The Labute approximate surface area is 492 Å². The molecule has 480 valence electrons. The quantitative estimate of drug-likeness (QED) is 0.0222. The fourth-order valence-corrected chi connectivity index (χ4v) is 10.7. The summed E-state index contributed by atoms with van der Waals surface area (Å²) in [5.74, 6) is 0.00412. The Kier molecular flexibility index (Phi) is 52.2. The van der Waals surface area contributed by atoms with Crippen LogP contribution in [0.25, 0.3) is 0 Å². The highest BCUT2D eigenvalue weighted by atomic mass is 31.2. The van der Waals surface area contributed by atoms with Gasteiger partial charge >= 0.3 is 39.5 Å². The van der Waals surface area contributed by atoms with Gasteiger partial charge in [-0.1, -0.05) is 248 Å². The average Bonchev–Trinajstić information content (AvgIpc) is 3.41. The smallest absolute Gasteiger partial charge is 0.462 e. The summed E-state index contributed by atoms with van der Waals surface area (Å²) < 4.78 is 67.8. The molecule has 0 aliphatic carbocycles. The molecule has 0 fully saturated rings. The topological polar surface area (TPSA) is 237 Å². The molecule has 0 spiro atoms. The van der Waals surface area contributed by atoms with Gasteiger partial charge in [-0.2, -0.15) is 0 Å². The fraction of sp³-hybridized carbons (Fsp3) is 0.935. The van der Waals surface area contributed by atoms with Gasteiger partial charge in [0.25, 0.3) is 0 Å². The van der Waals surface area contributed by atoms with Crippen molar-refractivity contribution in [1.82, 2.24) is 0 Å². The lowest BCUT2D eigenvalue weighted by Gasteiger charge is -2.21. The van der Waals surface area contributed by atoms with Crippen molar-refractivity contribution in [3.8, 4) is 0 Å². The molecule has 0 rings (SSSR count). The minimum absolute atomic E-state index is 0.101. The predicted molar refractivity (Wildman–Crippen MR) is 321 cm³/mol. The number of carbonyl (C=O) groups excluding carboxylic acids is 4. The summed E-state index contributed by atoms with van der Waals surface area (Å²) >= 11 is 0. The average molecular weight is 1200 g/mol. The second-order valence-corrected chi connectivity index (χ2v) is 26.8. The molecule has 0 aliphatic rings. The molecule has 0 aromatic heterocycles. The molecule has 0 aromatic carbocycles. The molecule has 19 heteroatoms. The van der Waals surface area contributed by atoms with Crippen LogP contribution in [0.15, 0.2) is 0 Å². The molecule has 17 nitrogen and oxygen atoms in total. The second-order valence-electron chi connectivity index (χ2n) is 23.9. The summed E-state index contributed by atoms with van der Waals surface area (Å²) in [6.45, 7) is 11.6. The maximum absolute atomic E-state index is 13.0. The molecule has 0 amide bonds. The maximum atomic E-state index is 13.0. The molecule has 0 bridgehead atoms. The molecule has 2 unspecified atom stereocenters. The van der Waals surface area contributed by atoms with Crippen molar-refractivity contribution < 1.29 is 80.2 Å². The molecule has 0 heterocycles. The number of ether oxygens (including phenoxy) is 4. The van der Waals surface area contributed by atoms with E-state index >= 15 is 0 Å². The number of hydrogen-bond acceptors (Lipinski definition) is 15. The van der Waals surface area contributed by atoms with E-state index in [2.05, 4.69) is 48.5 Å². The Morgan fingerprint density at radius 1 is 0.333 bits per heavy atom. The lowest BCUT2D eigenvalue weighted by Crippen LogP contribution is -2.30. The van der Waals surface area contributed by atoms with E-state index in [1.54, 1.807) is 0 Å². The number of hydrogen-bond donors (Lipinski definition) is 3. The van der Waals surface area contributed by atoms with Gasteiger partial charge in [0.2, 0.25) is 0 Å². The first-order chi connectivity index (χ1) is 38.7. The molecule has 0 saturated carbocycles. The van der Waals surface area contributed by atoms with E-state index in [0.717, 1.165) is 115 Å². The summed E-state index contributed by atoms with van der Waals surface area (Å²) in [7, 11) is -9.88. The van der Waals surface area contributed by atoms with Crippen LogP contribution in [0, 0.1) is 17.8 Å². The Balaban J connectivity index is 5.20. The van der Waals surface area contributed by atoms with Crippen LogP contribution in [-0.4, -0.2) is 96.7 Å². The van der Waals surface area contributed by atoms with Gasteiger partial charge < -0.3 is 33.8 Å². The van der Waals surface area contributed by atoms with E-state index in [4.69, 9.17) is 37.0 Å². The Bertz CT molecular complexity index is 1610. The summed E-state index contributed by atoms with van der Waals surface area (Å²) in [5.41, 5.74) is 0. The molecular weight excluding hydrogens is 1080 g/mol. The van der Waals surface area contributed by atoms with Crippen LogP contribution in [0.5, 0.6) is 0 Å². The van der Waals surface area contributed by atoms with E-state index in [-0.39, 0.29) is 25.7 Å². The molecule has 0 aliphatic heterocycles. The Hall–Kier alpha value is -1.94. The van der Waals surface area contributed by atoms with Crippen molar-refractivity contribution in [2.24, 2.45) is 17.8 Å². The first kappa shape index (κ1) is 79.1. The largest absolute Gasteiger partial charge is 0.472 e. The minimum Gasteiger partial charge on any atom is -0.462 e. The van der Waals surface area contributed by atoms with E-state index in [0.29, 0.717) is 37.5 Å². The normalized spacial score (nSPS) is 14.4. The highest BCUT2D eigenvalue weighted by Crippen LogP contribution is 2.45. The van der Waals surface area contributed by atoms with Crippen LogP contribution in [0.2, 0.25) is 0 Å². The zero-order valence-corrected chi connectivity index (χ0v) is 54.0. The fourth-order valence-electron chi connectivity index (χ4n) is 9.13. The highest BCUT2D eigenvalue weighted by Gasteiger charge is 2.30. The van der Waals surface area contributed by atoms with Crippen LogP contribution in [0.1, 0.15) is 299 Å². The number of phosphoric ester groups is 2. The third-order valence-corrected chi connectivity index (χ3v) is 16.0. The van der Waals surface area contributed by atoms with Gasteiger partial charge in [-0.05, 0) is 43.4 Å². The van der Waals surface area contributed by atoms with E-state index in [9.17, 15) is 43.2 Å². The molecule has 3 N–H and O–H groups in total. The van der Waals surface area contributed by atoms with Gasteiger partial charge in [0.1, 0.15) is 19.3 Å². The summed E-state index contributed by atoms with van der Waals surface area (Å²) in [6.07, 6.45) is 33.8. The highest BCUT2D eigenvalue weighted by molar-refractivity contribution is 7.47. The predicted octanol–water partition coefficient (Wildman–Crippen LogP) is 16.7. The third kappa shape index (κ3) is 56.9. The van der Waals surface area contributed by atoms with Crippen LogP contribution >= 0.6 is 15.6 Å². The monoisotopic (exact) mass is 1200 g/mol. The molecular formula is C62H120O17P2. The van der Waals surface area contributed by atoms with Crippen molar-refractivity contribution in [2.45, 2.75) is 317 Å². The first-order valence-electron chi connectivity index (χ1n) is 32.3. The van der Waals surface area contributed by atoms with E-state index in [1.165, 1.54) is 89.9 Å². The van der Waals surface area contributed by atoms with Crippen molar-refractivity contribution in [3.05, 3.63) is 0 Å². The number of unbranched alkanes of at least 4 members (excludes halogenated alkanes) is 28. The number of carbonyl (C=O) groups is 4. The van der Waals surface area contributed by atoms with Gasteiger partial charge in [0, 0.05) is 25.7 Å². The van der Waals surface area contributed by atoms with Crippen LogP contribution < -0.4 is 0 Å². The van der Waals surface area contributed by atoms with Crippen molar-refractivity contribution in [1.29, 1.82) is 0 Å². The number of esters is 4. The molecule has 0 aromatic rings. The molecule has 0 saturated heterocycles. The molecule has 81 heavy (non-hydrogen) atoms. The summed E-state index contributed by atoms with van der Waals surface area (Å²) in [5, 5.41) is 10.5. The third-order valence-electron chi connectivity index (χ3n) is 14.1. The van der Waals surface area contributed by atoms with Gasteiger partial charge in [-0.15, -0.1) is 0 Å². The lowest BCUT2D eigenvalue weighted by atomic mass is 10.0. The maximum Gasteiger partial charge on any atom is 0.472 e. The van der Waals surface area contributed by atoms with Crippen molar-refractivity contribution in [3.63, 3.8) is 0 Å². The van der Waals surface area contributed by atoms with Gasteiger partial charge in [-0.25, -0.2) is 9.13 Å². The van der Waals surface area contributed by atoms with E-state index < -0.39 is 97.5 Å². The molecule has 5 atom stereocenters. The first-order valence-corrected chi connectivity index (χ1v) is 35.3. The number of aliphatic hydroxyl groups is 1. The summed E-state index contributed by atoms with van der Waals surface area (Å²) in [6, 6.07) is 0. The standard InChI is InChI=1S/C62H120O17P2/c1-8-9-10-11-19-29-36-43-59(64)72-49-58(79-62(67)46-39-32-25-24-28-35-42-55(6)7)52-77-81(70,71)75-48-56(63)47-74-80(68,69)76-51-57(50-73-60(65)44-37-30-23-18-21-27-34-41-54(4)5)78-61(66)45-38-31-22-17-15-13-12-14-16-20-26-33-40-53(2)3/h53-58,63H,8-52H2,1-7H3,(H,68,69)(H,70,71)/t56-,57-,58-/m1/s1.